The highest BCUT2D eigenvalue weighted by Crippen LogP contribution is 2.30. The molecule has 3 heteroatoms. The maximum absolute atomic E-state index is 5.77. The van der Waals surface area contributed by atoms with E-state index in [9.17, 15) is 0 Å². The highest BCUT2D eigenvalue weighted by molar-refractivity contribution is 9.12. The molecule has 0 saturated heterocycles. The summed E-state index contributed by atoms with van der Waals surface area (Å²) in [5, 5.41) is 0. The number of allylic oxidation sites excluding steroid dienone is 2. The van der Waals surface area contributed by atoms with Gasteiger partial charge in [0.25, 0.3) is 0 Å². The number of hydrogen-bond acceptors (Lipinski definition) is 2. The van der Waals surface area contributed by atoms with Gasteiger partial charge in [-0.15, -0.1) is 0 Å². The van der Waals surface area contributed by atoms with Crippen LogP contribution in [0.3, 0.4) is 0 Å². The summed E-state index contributed by atoms with van der Waals surface area (Å²) in [5.74, 6) is 0. The summed E-state index contributed by atoms with van der Waals surface area (Å²) in [6, 6.07) is 0. The Morgan fingerprint density at radius 2 is 2.20 bits per heavy atom. The molecule has 0 radical (unpaired) electrons. The van der Waals surface area contributed by atoms with Gasteiger partial charge in [-0.05, 0) is 39.7 Å². The predicted molar refractivity (Wildman–Crippen MR) is 66.0 cm³/mol. The summed E-state index contributed by atoms with van der Waals surface area (Å²) in [6.45, 7) is 8.82. The zero-order valence-corrected chi connectivity index (χ0v) is 11.4. The second kappa shape index (κ2) is 5.83. The molecule has 0 bridgehead atoms. The van der Waals surface area contributed by atoms with Crippen molar-refractivity contribution in [1.82, 2.24) is 0 Å². The van der Waals surface area contributed by atoms with Gasteiger partial charge in [-0.1, -0.05) is 27.6 Å². The maximum Gasteiger partial charge on any atom is 0.155 e. The van der Waals surface area contributed by atoms with Crippen molar-refractivity contribution in [2.24, 2.45) is 0 Å². The minimum atomic E-state index is -0.131. The first-order chi connectivity index (χ1) is 7.04. The molecule has 0 heterocycles. The van der Waals surface area contributed by atoms with Gasteiger partial charge in [0.2, 0.25) is 0 Å². The van der Waals surface area contributed by atoms with Crippen LogP contribution in [0.1, 0.15) is 34.1 Å². The van der Waals surface area contributed by atoms with Crippen molar-refractivity contribution in [2.45, 2.75) is 46.5 Å². The Hall–Kier alpha value is -0.120. The van der Waals surface area contributed by atoms with E-state index >= 15 is 0 Å². The van der Waals surface area contributed by atoms with Gasteiger partial charge >= 0.3 is 0 Å². The van der Waals surface area contributed by atoms with Gasteiger partial charge in [-0.2, -0.15) is 0 Å². The molecule has 0 amide bonds. The van der Waals surface area contributed by atoms with E-state index in [2.05, 4.69) is 35.9 Å². The van der Waals surface area contributed by atoms with Crippen molar-refractivity contribution in [1.29, 1.82) is 0 Å². The van der Waals surface area contributed by atoms with E-state index in [0.717, 1.165) is 6.42 Å². The van der Waals surface area contributed by atoms with Gasteiger partial charge in [-0.3, -0.25) is 0 Å². The average molecular weight is 275 g/mol. The van der Waals surface area contributed by atoms with E-state index < -0.39 is 0 Å². The molecule has 0 aromatic rings. The van der Waals surface area contributed by atoms with Crippen LogP contribution in [-0.4, -0.2) is 19.0 Å². The average Bonchev–Trinajstić information content (AvgIpc) is 2.14. The first kappa shape index (κ1) is 12.9. The van der Waals surface area contributed by atoms with Crippen molar-refractivity contribution < 1.29 is 9.47 Å². The zero-order valence-electron chi connectivity index (χ0n) is 9.84. The van der Waals surface area contributed by atoms with Crippen LogP contribution < -0.4 is 0 Å². The predicted octanol–water partition coefficient (Wildman–Crippen LogP) is 3.77. The van der Waals surface area contributed by atoms with Crippen LogP contribution in [0.5, 0.6) is 0 Å². The van der Waals surface area contributed by atoms with Crippen LogP contribution >= 0.6 is 15.9 Å². The van der Waals surface area contributed by atoms with E-state index in [-0.39, 0.29) is 12.4 Å². The number of hydrogen-bond donors (Lipinski definition) is 0. The minimum Gasteiger partial charge on any atom is -0.353 e. The fourth-order valence-corrected chi connectivity index (χ4v) is 2.04. The number of ether oxygens (including phenoxy) is 2. The highest BCUT2D eigenvalue weighted by atomic mass is 79.9. The molecule has 2 unspecified atom stereocenters. The maximum atomic E-state index is 5.77. The van der Waals surface area contributed by atoms with Crippen LogP contribution in [0.2, 0.25) is 0 Å². The molecule has 0 aromatic heterocycles. The van der Waals surface area contributed by atoms with Crippen LogP contribution in [0.25, 0.3) is 0 Å². The fraction of sp³-hybridized carbons (Fsp3) is 0.667. The Bertz CT molecular complexity index is 281. The molecule has 0 N–H and O–H groups in total. The third-order valence-electron chi connectivity index (χ3n) is 2.43. The van der Waals surface area contributed by atoms with Crippen molar-refractivity contribution in [2.75, 3.05) is 6.61 Å². The summed E-state index contributed by atoms with van der Waals surface area (Å²) in [7, 11) is 0. The van der Waals surface area contributed by atoms with Gasteiger partial charge in [0, 0.05) is 11.1 Å². The van der Waals surface area contributed by atoms with Crippen LogP contribution in [0.4, 0.5) is 0 Å². The Kier molecular flexibility index (Phi) is 5.03. The molecule has 2 nitrogen and oxygen atoms in total. The van der Waals surface area contributed by atoms with E-state index in [4.69, 9.17) is 9.47 Å². The lowest BCUT2D eigenvalue weighted by Crippen LogP contribution is -2.23. The monoisotopic (exact) mass is 274 g/mol. The molecular formula is C12H19BrO2. The molecule has 0 spiro atoms. The summed E-state index contributed by atoms with van der Waals surface area (Å²) in [4.78, 5) is 0. The topological polar surface area (TPSA) is 18.5 Å². The molecule has 1 aliphatic rings. The summed E-state index contributed by atoms with van der Waals surface area (Å²) < 4.78 is 12.3. The molecule has 0 fully saturated rings. The standard InChI is InChI=1S/C12H19BrO2/c1-5-14-10(4)15-11-6-8(2)12(13)9(3)7-11/h6,10-11H,5,7H2,1-4H3. The molecule has 1 aliphatic carbocycles. The lowest BCUT2D eigenvalue weighted by molar-refractivity contribution is -0.145. The summed E-state index contributed by atoms with van der Waals surface area (Å²) >= 11 is 3.57. The quantitative estimate of drug-likeness (QED) is 0.727. The second-order valence-corrected chi connectivity index (χ2v) is 4.64. The molecule has 86 valence electrons. The molecule has 0 aromatic carbocycles. The molecular weight excluding hydrogens is 256 g/mol. The Balaban J connectivity index is 2.55. The van der Waals surface area contributed by atoms with Gasteiger partial charge in [0.15, 0.2) is 6.29 Å². The highest BCUT2D eigenvalue weighted by Gasteiger charge is 2.18. The SMILES string of the molecule is CCOC(C)OC1C=C(C)C(Br)=C(C)C1. The van der Waals surface area contributed by atoms with E-state index in [1.807, 2.05) is 13.8 Å². The van der Waals surface area contributed by atoms with Crippen LogP contribution in [-0.2, 0) is 9.47 Å². The third kappa shape index (κ3) is 3.74. The van der Waals surface area contributed by atoms with Gasteiger partial charge in [0.05, 0.1) is 6.10 Å². The second-order valence-electron chi connectivity index (χ2n) is 3.85. The first-order valence-corrected chi connectivity index (χ1v) is 6.15. The fourth-order valence-electron chi connectivity index (χ4n) is 1.75. The number of halogens is 1. The Morgan fingerprint density at radius 1 is 1.53 bits per heavy atom. The largest absolute Gasteiger partial charge is 0.353 e. The van der Waals surface area contributed by atoms with Crippen LogP contribution in [0, 0.1) is 0 Å². The summed E-state index contributed by atoms with van der Waals surface area (Å²) in [6.07, 6.45) is 3.10. The lowest BCUT2D eigenvalue weighted by atomic mass is 9.99. The third-order valence-corrected chi connectivity index (χ3v) is 3.73. The van der Waals surface area contributed by atoms with Crippen molar-refractivity contribution in [3.8, 4) is 0 Å². The first-order valence-electron chi connectivity index (χ1n) is 5.35. The van der Waals surface area contributed by atoms with E-state index in [1.165, 1.54) is 15.6 Å². The normalized spacial score (nSPS) is 24.1. The van der Waals surface area contributed by atoms with E-state index in [1.54, 1.807) is 0 Å². The molecule has 1 rings (SSSR count). The Labute approximate surface area is 100 Å². The van der Waals surface area contributed by atoms with Gasteiger partial charge < -0.3 is 9.47 Å². The van der Waals surface area contributed by atoms with Gasteiger partial charge in [0.1, 0.15) is 0 Å². The van der Waals surface area contributed by atoms with Crippen molar-refractivity contribution >= 4 is 15.9 Å². The van der Waals surface area contributed by atoms with Gasteiger partial charge in [-0.25, -0.2) is 0 Å². The smallest absolute Gasteiger partial charge is 0.155 e. The van der Waals surface area contributed by atoms with Crippen molar-refractivity contribution in [3.05, 3.63) is 21.7 Å². The molecule has 0 aliphatic heterocycles. The Morgan fingerprint density at radius 3 is 2.73 bits per heavy atom. The molecule has 0 saturated carbocycles. The minimum absolute atomic E-state index is 0.131. The van der Waals surface area contributed by atoms with Crippen molar-refractivity contribution in [3.63, 3.8) is 0 Å². The lowest BCUT2D eigenvalue weighted by Gasteiger charge is -2.24. The zero-order chi connectivity index (χ0) is 11.4. The molecule has 2 atom stereocenters. The summed E-state index contributed by atoms with van der Waals surface area (Å²) in [5.41, 5.74) is 2.58. The number of rotatable bonds is 4. The molecule has 15 heavy (non-hydrogen) atoms. The van der Waals surface area contributed by atoms with Crippen LogP contribution in [0.15, 0.2) is 21.7 Å². The van der Waals surface area contributed by atoms with E-state index in [0.29, 0.717) is 6.61 Å².